The number of aryl methyl sites for hydroxylation is 1. The predicted molar refractivity (Wildman–Crippen MR) is 82.0 cm³/mol. The Kier molecular flexibility index (Phi) is 4.31. The Balaban J connectivity index is 2.01. The van der Waals surface area contributed by atoms with Gasteiger partial charge >= 0.3 is 0 Å². The molecule has 4 heteroatoms. The molecule has 1 unspecified atom stereocenters. The molecule has 1 saturated carbocycles. The fourth-order valence-corrected chi connectivity index (χ4v) is 2.38. The van der Waals surface area contributed by atoms with Crippen LogP contribution in [0.3, 0.4) is 0 Å². The third kappa shape index (κ3) is 3.50. The van der Waals surface area contributed by atoms with Gasteiger partial charge in [0, 0.05) is 25.0 Å². The van der Waals surface area contributed by atoms with Gasteiger partial charge in [0.05, 0.1) is 11.3 Å². The first-order valence-electron chi connectivity index (χ1n) is 7.42. The largest absolute Gasteiger partial charge is 0.384 e. The SMILES string of the molecule is CCCNc1cc(C)ncc1C(=O)NCC1CC1(C)C. The molecular weight excluding hydrogens is 250 g/mol. The Morgan fingerprint density at radius 2 is 2.20 bits per heavy atom. The van der Waals surface area contributed by atoms with E-state index in [1.165, 1.54) is 6.42 Å². The van der Waals surface area contributed by atoms with Crippen LogP contribution in [0.4, 0.5) is 5.69 Å². The third-order valence-corrected chi connectivity index (χ3v) is 4.08. The number of carbonyl (C=O) groups excluding carboxylic acids is 1. The van der Waals surface area contributed by atoms with E-state index in [-0.39, 0.29) is 5.91 Å². The van der Waals surface area contributed by atoms with Gasteiger partial charge in [-0.25, -0.2) is 0 Å². The zero-order valence-corrected chi connectivity index (χ0v) is 12.9. The standard InChI is InChI=1S/C16H25N3O/c1-5-6-17-14-7-11(2)18-10-13(14)15(20)19-9-12-8-16(12,3)4/h7,10,12H,5-6,8-9H2,1-4H3,(H,17,18)(H,19,20). The van der Waals surface area contributed by atoms with Crippen molar-refractivity contribution in [2.75, 3.05) is 18.4 Å². The van der Waals surface area contributed by atoms with Crippen molar-refractivity contribution in [1.29, 1.82) is 0 Å². The van der Waals surface area contributed by atoms with E-state index >= 15 is 0 Å². The van der Waals surface area contributed by atoms with Gasteiger partial charge < -0.3 is 10.6 Å². The zero-order chi connectivity index (χ0) is 14.8. The lowest BCUT2D eigenvalue weighted by atomic mass is 10.1. The van der Waals surface area contributed by atoms with Gasteiger partial charge in [-0.3, -0.25) is 9.78 Å². The Bertz CT molecular complexity index is 496. The molecule has 2 rings (SSSR count). The second-order valence-electron chi connectivity index (χ2n) is 6.40. The first-order chi connectivity index (χ1) is 9.44. The first-order valence-corrected chi connectivity index (χ1v) is 7.42. The highest BCUT2D eigenvalue weighted by molar-refractivity contribution is 5.99. The fourth-order valence-electron chi connectivity index (χ4n) is 2.38. The summed E-state index contributed by atoms with van der Waals surface area (Å²) in [5.41, 5.74) is 2.83. The summed E-state index contributed by atoms with van der Waals surface area (Å²) in [6.07, 6.45) is 3.89. The molecule has 0 saturated heterocycles. The van der Waals surface area contributed by atoms with Crippen molar-refractivity contribution in [3.63, 3.8) is 0 Å². The molecule has 1 aliphatic carbocycles. The van der Waals surface area contributed by atoms with Crippen molar-refractivity contribution in [2.45, 2.75) is 40.5 Å². The van der Waals surface area contributed by atoms with E-state index < -0.39 is 0 Å². The smallest absolute Gasteiger partial charge is 0.254 e. The monoisotopic (exact) mass is 275 g/mol. The lowest BCUT2D eigenvalue weighted by Crippen LogP contribution is -2.27. The lowest BCUT2D eigenvalue weighted by Gasteiger charge is -2.12. The number of hydrogen-bond donors (Lipinski definition) is 2. The molecule has 0 aromatic carbocycles. The van der Waals surface area contributed by atoms with Crippen molar-refractivity contribution in [3.8, 4) is 0 Å². The van der Waals surface area contributed by atoms with Crippen LogP contribution in [0.5, 0.6) is 0 Å². The summed E-state index contributed by atoms with van der Waals surface area (Å²) in [6.45, 7) is 10.1. The Labute approximate surface area is 121 Å². The van der Waals surface area contributed by atoms with Gasteiger partial charge in [0.2, 0.25) is 0 Å². The van der Waals surface area contributed by atoms with Gasteiger partial charge in [-0.15, -0.1) is 0 Å². The summed E-state index contributed by atoms with van der Waals surface area (Å²) in [5, 5.41) is 6.34. The van der Waals surface area contributed by atoms with E-state index in [1.54, 1.807) is 6.20 Å². The van der Waals surface area contributed by atoms with Crippen molar-refractivity contribution in [1.82, 2.24) is 10.3 Å². The normalized spacial score (nSPS) is 19.5. The molecule has 0 aliphatic heterocycles. The zero-order valence-electron chi connectivity index (χ0n) is 12.9. The van der Waals surface area contributed by atoms with Gasteiger partial charge in [-0.2, -0.15) is 0 Å². The van der Waals surface area contributed by atoms with Gasteiger partial charge in [-0.1, -0.05) is 20.8 Å². The van der Waals surface area contributed by atoms with E-state index in [2.05, 4.69) is 36.4 Å². The van der Waals surface area contributed by atoms with Crippen molar-refractivity contribution in [2.24, 2.45) is 11.3 Å². The maximum Gasteiger partial charge on any atom is 0.254 e. The molecule has 0 radical (unpaired) electrons. The summed E-state index contributed by atoms with van der Waals surface area (Å²) >= 11 is 0. The van der Waals surface area contributed by atoms with Crippen LogP contribution in [0.2, 0.25) is 0 Å². The Hall–Kier alpha value is -1.58. The van der Waals surface area contributed by atoms with Crippen molar-refractivity contribution < 1.29 is 4.79 Å². The summed E-state index contributed by atoms with van der Waals surface area (Å²) in [4.78, 5) is 16.5. The van der Waals surface area contributed by atoms with Crippen molar-refractivity contribution in [3.05, 3.63) is 23.5 Å². The molecule has 1 atom stereocenters. The molecule has 0 spiro atoms. The van der Waals surface area contributed by atoms with Gasteiger partial charge in [0.25, 0.3) is 5.91 Å². The van der Waals surface area contributed by atoms with Gasteiger partial charge in [0.15, 0.2) is 0 Å². The number of amides is 1. The molecule has 0 bridgehead atoms. The molecule has 4 nitrogen and oxygen atoms in total. The van der Waals surface area contributed by atoms with Crippen LogP contribution < -0.4 is 10.6 Å². The van der Waals surface area contributed by atoms with E-state index in [9.17, 15) is 4.79 Å². The second kappa shape index (κ2) is 5.81. The van der Waals surface area contributed by atoms with Crippen molar-refractivity contribution >= 4 is 11.6 Å². The minimum atomic E-state index is -0.0289. The number of rotatable bonds is 6. The number of nitrogens with one attached hydrogen (secondary N) is 2. The molecule has 1 amide bonds. The summed E-state index contributed by atoms with van der Waals surface area (Å²) in [6, 6.07) is 1.94. The second-order valence-corrected chi connectivity index (χ2v) is 6.40. The van der Waals surface area contributed by atoms with E-state index in [0.717, 1.165) is 30.9 Å². The third-order valence-electron chi connectivity index (χ3n) is 4.08. The molecule has 1 aliphatic rings. The number of nitrogens with zero attached hydrogens (tertiary/aromatic N) is 1. The molecule has 20 heavy (non-hydrogen) atoms. The topological polar surface area (TPSA) is 54.0 Å². The van der Waals surface area contributed by atoms with Gasteiger partial charge in [0.1, 0.15) is 0 Å². The number of anilines is 1. The van der Waals surface area contributed by atoms with Crippen LogP contribution in [0.25, 0.3) is 0 Å². The quantitative estimate of drug-likeness (QED) is 0.839. The predicted octanol–water partition coefficient (Wildman–Crippen LogP) is 2.99. The van der Waals surface area contributed by atoms with E-state index in [0.29, 0.717) is 16.9 Å². The highest BCUT2D eigenvalue weighted by atomic mass is 16.1. The molecule has 2 N–H and O–H groups in total. The fraction of sp³-hybridized carbons (Fsp3) is 0.625. The average molecular weight is 275 g/mol. The molecular formula is C16H25N3O. The van der Waals surface area contributed by atoms with Gasteiger partial charge in [-0.05, 0) is 37.2 Å². The number of hydrogen-bond acceptors (Lipinski definition) is 3. The summed E-state index contributed by atoms with van der Waals surface area (Å²) < 4.78 is 0. The minimum absolute atomic E-state index is 0.0289. The molecule has 1 aromatic heterocycles. The maximum atomic E-state index is 12.3. The number of aromatic nitrogens is 1. The highest BCUT2D eigenvalue weighted by Crippen LogP contribution is 2.50. The van der Waals surface area contributed by atoms with E-state index in [4.69, 9.17) is 0 Å². The van der Waals surface area contributed by atoms with Crippen LogP contribution in [0.1, 0.15) is 49.7 Å². The highest BCUT2D eigenvalue weighted by Gasteiger charge is 2.45. The lowest BCUT2D eigenvalue weighted by molar-refractivity contribution is 0.0951. The van der Waals surface area contributed by atoms with Crippen LogP contribution >= 0.6 is 0 Å². The molecule has 1 fully saturated rings. The van der Waals surface area contributed by atoms with Crippen LogP contribution in [0, 0.1) is 18.3 Å². The first kappa shape index (κ1) is 14.8. The van der Waals surface area contributed by atoms with Crippen LogP contribution in [-0.4, -0.2) is 24.0 Å². The minimum Gasteiger partial charge on any atom is -0.384 e. The number of carbonyl (C=O) groups is 1. The average Bonchev–Trinajstić information content (AvgIpc) is 3.01. The molecule has 1 heterocycles. The van der Waals surface area contributed by atoms with Crippen LogP contribution in [-0.2, 0) is 0 Å². The van der Waals surface area contributed by atoms with Crippen LogP contribution in [0.15, 0.2) is 12.3 Å². The summed E-state index contributed by atoms with van der Waals surface area (Å²) in [5.74, 6) is 0.579. The van der Waals surface area contributed by atoms with E-state index in [1.807, 2.05) is 13.0 Å². The number of pyridine rings is 1. The Morgan fingerprint density at radius 3 is 2.80 bits per heavy atom. The molecule has 1 aromatic rings. The Morgan fingerprint density at radius 1 is 1.50 bits per heavy atom. The maximum absolute atomic E-state index is 12.3. The molecule has 110 valence electrons. The summed E-state index contributed by atoms with van der Waals surface area (Å²) in [7, 11) is 0.